The summed E-state index contributed by atoms with van der Waals surface area (Å²) in [6, 6.07) is 3.94. The summed E-state index contributed by atoms with van der Waals surface area (Å²) in [7, 11) is 2.59. The van der Waals surface area contributed by atoms with Gasteiger partial charge in [-0.3, -0.25) is 14.2 Å². The first kappa shape index (κ1) is 30.7. The summed E-state index contributed by atoms with van der Waals surface area (Å²) in [5.74, 6) is -0.885. The number of rotatable bonds is 7. The van der Waals surface area contributed by atoms with E-state index in [0.717, 1.165) is 29.8 Å². The molecule has 240 valence electrons. The van der Waals surface area contributed by atoms with Crippen molar-refractivity contribution in [3.8, 4) is 22.8 Å². The molecule has 6 rings (SSSR count). The molecule has 2 N–H and O–H groups in total. The first-order valence-corrected chi connectivity index (χ1v) is 13.9. The Balaban J connectivity index is 1.41. The van der Waals surface area contributed by atoms with Crippen LogP contribution in [-0.2, 0) is 24.2 Å². The minimum absolute atomic E-state index is 0.0541. The highest BCUT2D eigenvalue weighted by molar-refractivity contribution is 6.00. The van der Waals surface area contributed by atoms with E-state index in [1.165, 1.54) is 26.3 Å². The van der Waals surface area contributed by atoms with Gasteiger partial charge >= 0.3 is 12.4 Å². The summed E-state index contributed by atoms with van der Waals surface area (Å²) in [5.41, 5.74) is -7.82. The van der Waals surface area contributed by atoms with Crippen molar-refractivity contribution >= 4 is 16.8 Å². The van der Waals surface area contributed by atoms with Crippen molar-refractivity contribution < 1.29 is 45.7 Å². The molecular formula is C29H28F6N6O4. The number of aromatic nitrogens is 5. The number of benzene rings is 1. The maximum Gasteiger partial charge on any atom is 0.435 e. The highest BCUT2D eigenvalue weighted by Gasteiger charge is 2.57. The number of carbonyl (C=O) groups is 1. The van der Waals surface area contributed by atoms with Crippen LogP contribution in [0.4, 0.5) is 26.3 Å². The van der Waals surface area contributed by atoms with Crippen molar-refractivity contribution in [2.45, 2.75) is 56.1 Å². The van der Waals surface area contributed by atoms with Gasteiger partial charge in [-0.25, -0.2) is 4.98 Å². The van der Waals surface area contributed by atoms with E-state index >= 15 is 0 Å². The fourth-order valence-electron chi connectivity index (χ4n) is 5.36. The summed E-state index contributed by atoms with van der Waals surface area (Å²) in [5, 5.41) is 21.8. The Morgan fingerprint density at radius 3 is 2.47 bits per heavy atom. The minimum atomic E-state index is -5.42. The number of alkyl halides is 6. The van der Waals surface area contributed by atoms with Gasteiger partial charge < -0.3 is 19.9 Å². The van der Waals surface area contributed by atoms with E-state index in [2.05, 4.69) is 20.5 Å². The molecule has 1 fully saturated rings. The Morgan fingerprint density at radius 2 is 1.84 bits per heavy atom. The SMILES string of the molecule is COc1cc(C(=O)NC[C@](O)(c2cc3c(c(-c4cn(C)nc4C(F)(F)F)n2)OCC3(C)C)C(F)(F)F)cc2cn(C3CC3)nc12. The third-order valence-electron chi connectivity index (χ3n) is 8.02. The monoisotopic (exact) mass is 638 g/mol. The Labute approximate surface area is 251 Å². The van der Waals surface area contributed by atoms with Gasteiger partial charge in [-0.15, -0.1) is 0 Å². The second kappa shape index (κ2) is 10.1. The lowest BCUT2D eigenvalue weighted by atomic mass is 9.84. The molecule has 45 heavy (non-hydrogen) atoms. The molecule has 2 aliphatic rings. The quantitative estimate of drug-likeness (QED) is 0.273. The van der Waals surface area contributed by atoms with Gasteiger partial charge in [-0.2, -0.15) is 36.5 Å². The zero-order chi connectivity index (χ0) is 32.7. The number of pyridine rings is 1. The van der Waals surface area contributed by atoms with E-state index < -0.39 is 58.5 Å². The zero-order valence-electron chi connectivity index (χ0n) is 24.5. The van der Waals surface area contributed by atoms with E-state index in [1.807, 2.05) is 0 Å². The van der Waals surface area contributed by atoms with Crippen LogP contribution in [-0.4, -0.2) is 62.0 Å². The molecule has 1 aliphatic carbocycles. The zero-order valence-corrected chi connectivity index (χ0v) is 24.5. The fourth-order valence-corrected chi connectivity index (χ4v) is 5.36. The molecule has 0 bridgehead atoms. The number of aryl methyl sites for hydroxylation is 1. The number of nitrogens with zero attached hydrogens (tertiary/aromatic N) is 5. The average molecular weight is 639 g/mol. The maximum absolute atomic E-state index is 14.7. The molecule has 1 amide bonds. The molecule has 10 nitrogen and oxygen atoms in total. The minimum Gasteiger partial charge on any atom is -0.494 e. The predicted octanol–water partition coefficient (Wildman–Crippen LogP) is 5.04. The first-order chi connectivity index (χ1) is 20.9. The van der Waals surface area contributed by atoms with Gasteiger partial charge in [0.25, 0.3) is 5.91 Å². The number of aliphatic hydroxyl groups is 1. The Morgan fingerprint density at radius 1 is 1.13 bits per heavy atom. The topological polar surface area (TPSA) is 116 Å². The number of fused-ring (bicyclic) bond motifs is 2. The number of methoxy groups -OCH3 is 1. The molecule has 4 aromatic rings. The lowest BCUT2D eigenvalue weighted by Crippen LogP contribution is -2.51. The van der Waals surface area contributed by atoms with E-state index in [0.29, 0.717) is 10.9 Å². The van der Waals surface area contributed by atoms with E-state index in [4.69, 9.17) is 9.47 Å². The standard InChI is InChI=1S/C29H28F6N6O4/c1-26(2)13-45-23-18(26)9-20(37-22(23)17-11-40(3)39-24(17)28(30,31)32)27(43,29(33,34)35)12-36-25(42)14-7-15-10-41(16-5-6-16)38-21(15)19(8-14)44-4/h7-11,16,43H,5-6,12-13H2,1-4H3,(H,36,42)/t27-/m0/s1. The average Bonchev–Trinajstić information content (AvgIpc) is 3.47. The molecule has 1 aliphatic heterocycles. The normalized spacial score (nSPS) is 17.6. The summed E-state index contributed by atoms with van der Waals surface area (Å²) >= 11 is 0. The van der Waals surface area contributed by atoms with E-state index in [-0.39, 0.29) is 35.3 Å². The van der Waals surface area contributed by atoms with Gasteiger partial charge in [0, 0.05) is 41.4 Å². The van der Waals surface area contributed by atoms with Crippen molar-refractivity contribution in [2.24, 2.45) is 7.05 Å². The molecule has 0 saturated heterocycles. The van der Waals surface area contributed by atoms with Gasteiger partial charge in [0.1, 0.15) is 22.7 Å². The van der Waals surface area contributed by atoms with E-state index in [9.17, 15) is 36.2 Å². The third-order valence-corrected chi connectivity index (χ3v) is 8.02. The van der Waals surface area contributed by atoms with Crippen LogP contribution in [0.5, 0.6) is 11.5 Å². The van der Waals surface area contributed by atoms with Crippen LogP contribution >= 0.6 is 0 Å². The van der Waals surface area contributed by atoms with Gasteiger partial charge in [-0.1, -0.05) is 13.8 Å². The lowest BCUT2D eigenvalue weighted by Gasteiger charge is -2.31. The molecule has 0 radical (unpaired) electrons. The molecule has 1 saturated carbocycles. The van der Waals surface area contributed by atoms with Gasteiger partial charge in [0.15, 0.2) is 5.69 Å². The van der Waals surface area contributed by atoms with Crippen molar-refractivity contribution in [2.75, 3.05) is 20.3 Å². The molecule has 16 heteroatoms. The van der Waals surface area contributed by atoms with E-state index in [1.54, 1.807) is 24.7 Å². The first-order valence-electron chi connectivity index (χ1n) is 13.9. The summed E-state index contributed by atoms with van der Waals surface area (Å²) in [6.45, 7) is 1.79. The van der Waals surface area contributed by atoms with Crippen molar-refractivity contribution in [3.05, 3.63) is 53.1 Å². The van der Waals surface area contributed by atoms with Crippen LogP contribution in [0.15, 0.2) is 30.6 Å². The Bertz CT molecular complexity index is 1820. The largest absolute Gasteiger partial charge is 0.494 e. The second-order valence-electron chi connectivity index (χ2n) is 12.0. The Kier molecular flexibility index (Phi) is 6.88. The molecule has 3 aromatic heterocycles. The van der Waals surface area contributed by atoms with Crippen LogP contribution in [0.1, 0.15) is 60.0 Å². The fraction of sp³-hybridized carbons (Fsp3) is 0.448. The van der Waals surface area contributed by atoms with Crippen LogP contribution in [0.3, 0.4) is 0 Å². The number of ether oxygens (including phenoxy) is 2. The summed E-state index contributed by atoms with van der Waals surface area (Å²) in [6.07, 6.45) is -5.82. The molecular weight excluding hydrogens is 610 g/mol. The second-order valence-corrected chi connectivity index (χ2v) is 12.0. The third kappa shape index (κ3) is 5.23. The van der Waals surface area contributed by atoms with Gasteiger partial charge in [0.2, 0.25) is 5.60 Å². The smallest absolute Gasteiger partial charge is 0.435 e. The number of hydrogen-bond donors (Lipinski definition) is 2. The predicted molar refractivity (Wildman–Crippen MR) is 147 cm³/mol. The molecule has 0 unspecified atom stereocenters. The van der Waals surface area contributed by atoms with Crippen LogP contribution in [0, 0.1) is 0 Å². The number of amides is 1. The maximum atomic E-state index is 14.7. The number of halogens is 6. The number of nitrogens with one attached hydrogen (secondary N) is 1. The van der Waals surface area contributed by atoms with Gasteiger partial charge in [-0.05, 0) is 31.0 Å². The van der Waals surface area contributed by atoms with Crippen molar-refractivity contribution in [1.29, 1.82) is 0 Å². The Hall–Kier alpha value is -4.34. The summed E-state index contributed by atoms with van der Waals surface area (Å²) < 4.78 is 99.4. The summed E-state index contributed by atoms with van der Waals surface area (Å²) in [4.78, 5) is 17.1. The van der Waals surface area contributed by atoms with Crippen molar-refractivity contribution in [1.82, 2.24) is 29.9 Å². The molecule has 0 spiro atoms. The molecule has 1 aromatic carbocycles. The van der Waals surface area contributed by atoms with Crippen LogP contribution in [0.25, 0.3) is 22.2 Å². The highest BCUT2D eigenvalue weighted by Crippen LogP contribution is 2.49. The highest BCUT2D eigenvalue weighted by atomic mass is 19.4. The van der Waals surface area contributed by atoms with Crippen LogP contribution in [0.2, 0.25) is 0 Å². The number of carbonyl (C=O) groups excluding carboxylic acids is 1. The molecule has 1 atom stereocenters. The van der Waals surface area contributed by atoms with Crippen molar-refractivity contribution in [3.63, 3.8) is 0 Å². The number of hydrogen-bond acceptors (Lipinski definition) is 7. The lowest BCUT2D eigenvalue weighted by molar-refractivity contribution is -0.265. The van der Waals surface area contributed by atoms with Crippen LogP contribution < -0.4 is 14.8 Å². The molecule has 4 heterocycles. The van der Waals surface area contributed by atoms with Gasteiger partial charge in [0.05, 0.1) is 37.6 Å².